The highest BCUT2D eigenvalue weighted by atomic mass is 31.1. The number of hydrogen-bond acceptors (Lipinski definition) is 3. The van der Waals surface area contributed by atoms with Gasteiger partial charge in [-0.15, -0.1) is 0 Å². The van der Waals surface area contributed by atoms with E-state index in [-0.39, 0.29) is 18.3 Å². The van der Waals surface area contributed by atoms with Crippen molar-refractivity contribution in [3.05, 3.63) is 11.4 Å². The van der Waals surface area contributed by atoms with Gasteiger partial charge in [0, 0.05) is 14.1 Å². The lowest BCUT2D eigenvalue weighted by atomic mass is 10.0. The van der Waals surface area contributed by atoms with Crippen LogP contribution in [0.3, 0.4) is 0 Å². The van der Waals surface area contributed by atoms with E-state index in [1.165, 1.54) is 19.9 Å². The van der Waals surface area contributed by atoms with Crippen LogP contribution in [0.5, 0.6) is 0 Å². The summed E-state index contributed by atoms with van der Waals surface area (Å²) in [5, 5.41) is 1.02. The molecular weight excluding hydrogens is 275 g/mol. The lowest BCUT2D eigenvalue weighted by molar-refractivity contribution is -0.143. The van der Waals surface area contributed by atoms with Gasteiger partial charge in [-0.3, -0.25) is 9.59 Å². The maximum atomic E-state index is 11.9. The number of amides is 1. The Hall–Kier alpha value is -1.22. The number of ether oxygens (including phenoxy) is 1. The van der Waals surface area contributed by atoms with E-state index in [1.54, 1.807) is 19.0 Å². The van der Waals surface area contributed by atoms with Crippen molar-refractivity contribution in [2.24, 2.45) is 10.9 Å². The molecule has 0 fully saturated rings. The number of carbonyl (C=O) groups excluding carboxylic acids is 2. The molecule has 0 saturated heterocycles. The van der Waals surface area contributed by atoms with Crippen molar-refractivity contribution in [3.8, 4) is 0 Å². The topological polar surface area (TPSA) is 59.0 Å². The molecule has 114 valence electrons. The molecule has 0 aliphatic carbocycles. The first kappa shape index (κ1) is 18.8. The van der Waals surface area contributed by atoms with E-state index in [0.717, 1.165) is 11.5 Å². The molecule has 2 atom stereocenters. The van der Waals surface area contributed by atoms with Gasteiger partial charge in [0.25, 0.3) is 5.91 Å². The Morgan fingerprint density at radius 1 is 1.50 bits per heavy atom. The lowest BCUT2D eigenvalue weighted by Gasteiger charge is -2.21. The van der Waals surface area contributed by atoms with Gasteiger partial charge in [-0.05, 0) is 11.5 Å². The minimum atomic E-state index is -0.439. The Labute approximate surface area is 123 Å². The zero-order chi connectivity index (χ0) is 15.5. The van der Waals surface area contributed by atoms with Gasteiger partial charge in [0.2, 0.25) is 0 Å². The van der Waals surface area contributed by atoms with E-state index < -0.39 is 5.92 Å². The summed E-state index contributed by atoms with van der Waals surface area (Å²) >= 11 is 0. The van der Waals surface area contributed by atoms with Gasteiger partial charge in [-0.25, -0.2) is 4.99 Å². The number of nitrogens with zero attached hydrogens (tertiary/aromatic N) is 2. The summed E-state index contributed by atoms with van der Waals surface area (Å²) in [5.41, 5.74) is 0. The third kappa shape index (κ3) is 7.39. The van der Waals surface area contributed by atoms with Gasteiger partial charge in [-0.2, -0.15) is 0 Å². The molecule has 0 aromatic carbocycles. The van der Waals surface area contributed by atoms with Crippen LogP contribution < -0.4 is 0 Å². The summed E-state index contributed by atoms with van der Waals surface area (Å²) in [5.74, 6) is -1.09. The fourth-order valence-electron chi connectivity index (χ4n) is 1.33. The summed E-state index contributed by atoms with van der Waals surface area (Å²) in [6.07, 6.45) is 5.78. The lowest BCUT2D eigenvalue weighted by Crippen LogP contribution is -2.22. The van der Waals surface area contributed by atoms with E-state index >= 15 is 0 Å². The molecule has 1 aliphatic heterocycles. The molecule has 6 heteroatoms. The Bertz CT molecular complexity index is 379. The smallest absolute Gasteiger partial charge is 0.306 e. The van der Waals surface area contributed by atoms with E-state index in [0.29, 0.717) is 8.58 Å². The Kier molecular flexibility index (Phi) is 9.91. The van der Waals surface area contributed by atoms with E-state index in [2.05, 4.69) is 23.6 Å². The van der Waals surface area contributed by atoms with Gasteiger partial charge in [0.15, 0.2) is 0 Å². The SMILES string of the molecule is CCC.COC(=O)CC(C(=O)N=CN(C)C)C1=CCP1. The van der Waals surface area contributed by atoms with Crippen LogP contribution in [0.4, 0.5) is 0 Å². The fourth-order valence-corrected chi connectivity index (χ4v) is 2.24. The number of hydrogen-bond donors (Lipinski definition) is 0. The summed E-state index contributed by atoms with van der Waals surface area (Å²) in [6.45, 7) is 4.25. The highest BCUT2D eigenvalue weighted by Crippen LogP contribution is 2.41. The molecule has 0 spiro atoms. The molecular formula is C14H25N2O3P. The monoisotopic (exact) mass is 300 g/mol. The molecule has 0 radical (unpaired) electrons. The van der Waals surface area contributed by atoms with Crippen molar-refractivity contribution < 1.29 is 14.3 Å². The van der Waals surface area contributed by atoms with Gasteiger partial charge < -0.3 is 9.64 Å². The van der Waals surface area contributed by atoms with Crippen LogP contribution in [0.25, 0.3) is 0 Å². The number of allylic oxidation sites excluding steroid dienone is 1. The standard InChI is InChI=1S/C11H17N2O3P.C3H8/c1-13(2)7-12-11(15)8(6-10(14)16-3)9-4-5-17-9;1-3-2/h4,7-8,17H,5-6H2,1-3H3;3H2,1-2H3. The van der Waals surface area contributed by atoms with Crippen LogP contribution in [-0.2, 0) is 14.3 Å². The minimum Gasteiger partial charge on any atom is -0.469 e. The first-order valence-electron chi connectivity index (χ1n) is 6.71. The van der Waals surface area contributed by atoms with Gasteiger partial charge in [0.05, 0.1) is 25.8 Å². The zero-order valence-electron chi connectivity index (χ0n) is 13.0. The molecule has 5 nitrogen and oxygen atoms in total. The molecule has 1 amide bonds. The fraction of sp³-hybridized carbons (Fsp3) is 0.643. The van der Waals surface area contributed by atoms with Crippen LogP contribution in [0, 0.1) is 5.92 Å². The van der Waals surface area contributed by atoms with E-state index in [1.807, 2.05) is 6.08 Å². The molecule has 0 N–H and O–H groups in total. The number of aliphatic imine (C=N–C) groups is 1. The van der Waals surface area contributed by atoms with E-state index in [9.17, 15) is 9.59 Å². The van der Waals surface area contributed by atoms with Gasteiger partial charge in [-0.1, -0.05) is 34.9 Å². The van der Waals surface area contributed by atoms with Crippen LogP contribution in [0.1, 0.15) is 26.7 Å². The average molecular weight is 300 g/mol. The minimum absolute atomic E-state index is 0.0823. The van der Waals surface area contributed by atoms with Crippen molar-refractivity contribution in [2.45, 2.75) is 26.7 Å². The molecule has 0 aromatic heterocycles. The van der Waals surface area contributed by atoms with E-state index in [4.69, 9.17) is 0 Å². The Balaban J connectivity index is 0.00000110. The normalized spacial score (nSPS) is 15.8. The van der Waals surface area contributed by atoms with Crippen LogP contribution in [0.15, 0.2) is 16.4 Å². The highest BCUT2D eigenvalue weighted by molar-refractivity contribution is 7.45. The highest BCUT2D eigenvalue weighted by Gasteiger charge is 2.28. The predicted octanol–water partition coefficient (Wildman–Crippen LogP) is 2.27. The molecule has 1 rings (SSSR count). The Morgan fingerprint density at radius 2 is 2.05 bits per heavy atom. The van der Waals surface area contributed by atoms with Crippen molar-refractivity contribution in [2.75, 3.05) is 27.4 Å². The quantitative estimate of drug-likeness (QED) is 0.338. The Morgan fingerprint density at radius 3 is 2.40 bits per heavy atom. The van der Waals surface area contributed by atoms with Crippen molar-refractivity contribution >= 4 is 26.8 Å². The van der Waals surface area contributed by atoms with Crippen LogP contribution in [-0.4, -0.2) is 50.5 Å². The summed E-state index contributed by atoms with van der Waals surface area (Å²) in [4.78, 5) is 28.6. The molecule has 0 aromatic rings. The largest absolute Gasteiger partial charge is 0.469 e. The second-order valence-electron chi connectivity index (χ2n) is 4.63. The molecule has 0 bridgehead atoms. The van der Waals surface area contributed by atoms with Gasteiger partial charge in [0.1, 0.15) is 0 Å². The molecule has 2 unspecified atom stereocenters. The molecule has 1 aliphatic rings. The van der Waals surface area contributed by atoms with Crippen LogP contribution >= 0.6 is 8.58 Å². The summed E-state index contributed by atoms with van der Waals surface area (Å²) in [7, 11) is 5.53. The predicted molar refractivity (Wildman–Crippen MR) is 84.5 cm³/mol. The zero-order valence-corrected chi connectivity index (χ0v) is 14.0. The molecule has 1 heterocycles. The summed E-state index contributed by atoms with van der Waals surface area (Å²) in [6, 6.07) is 0. The maximum Gasteiger partial charge on any atom is 0.306 e. The average Bonchev–Trinajstić information content (AvgIpc) is 2.33. The number of carbonyl (C=O) groups is 2. The van der Waals surface area contributed by atoms with Gasteiger partial charge >= 0.3 is 5.97 Å². The number of methoxy groups -OCH3 is 1. The van der Waals surface area contributed by atoms with Crippen molar-refractivity contribution in [1.29, 1.82) is 0 Å². The molecule has 0 saturated carbocycles. The third-order valence-corrected chi connectivity index (χ3v) is 3.69. The summed E-state index contributed by atoms with van der Waals surface area (Å²) < 4.78 is 4.60. The first-order valence-corrected chi connectivity index (χ1v) is 7.92. The van der Waals surface area contributed by atoms with Crippen molar-refractivity contribution in [1.82, 2.24) is 4.90 Å². The first-order chi connectivity index (χ1) is 9.46. The number of rotatable bonds is 5. The number of esters is 1. The van der Waals surface area contributed by atoms with Crippen LogP contribution in [0.2, 0.25) is 0 Å². The second-order valence-corrected chi connectivity index (χ2v) is 5.97. The molecule has 20 heavy (non-hydrogen) atoms. The third-order valence-electron chi connectivity index (χ3n) is 2.32. The maximum absolute atomic E-state index is 11.9. The van der Waals surface area contributed by atoms with Crippen molar-refractivity contribution in [3.63, 3.8) is 0 Å². The second kappa shape index (κ2) is 10.6.